The van der Waals surface area contributed by atoms with Crippen LogP contribution in [0.25, 0.3) is 0 Å². The van der Waals surface area contributed by atoms with E-state index in [2.05, 4.69) is 9.44 Å². The van der Waals surface area contributed by atoms with Crippen molar-refractivity contribution in [3.63, 3.8) is 0 Å². The number of hydrogen-bond acceptors (Lipinski definition) is 3. The third-order valence-corrected chi connectivity index (χ3v) is 4.62. The zero-order valence-corrected chi connectivity index (χ0v) is 14.8. The van der Waals surface area contributed by atoms with Gasteiger partial charge in [-0.15, -0.1) is 0 Å². The molecule has 0 aromatic carbocycles. The summed E-state index contributed by atoms with van der Waals surface area (Å²) in [4.78, 5) is 10.7. The molecule has 0 bridgehead atoms. The van der Waals surface area contributed by atoms with Crippen LogP contribution in [0.15, 0.2) is 0 Å². The fraction of sp³-hybridized carbons (Fsp3) is 0.929. The second-order valence-electron chi connectivity index (χ2n) is 7.53. The summed E-state index contributed by atoms with van der Waals surface area (Å²) in [6.45, 7) is 11.8. The quantitative estimate of drug-likeness (QED) is 0.638. The average Bonchev–Trinajstić information content (AvgIpc) is 2.16. The molecule has 1 atom stereocenters. The maximum Gasteiger partial charge on any atom is 0.303 e. The van der Waals surface area contributed by atoms with E-state index in [-0.39, 0.29) is 17.8 Å². The van der Waals surface area contributed by atoms with Gasteiger partial charge in [0.15, 0.2) is 0 Å². The van der Waals surface area contributed by atoms with Crippen molar-refractivity contribution in [2.75, 3.05) is 6.54 Å². The highest BCUT2D eigenvalue weighted by Crippen LogP contribution is 2.32. The molecular formula is C14H30N2O4S. The van der Waals surface area contributed by atoms with E-state index in [1.165, 1.54) is 0 Å². The van der Waals surface area contributed by atoms with Crippen molar-refractivity contribution in [2.45, 2.75) is 66.3 Å². The van der Waals surface area contributed by atoms with Gasteiger partial charge in [0.1, 0.15) is 0 Å². The third-order valence-electron chi connectivity index (χ3n) is 3.16. The Morgan fingerprint density at radius 3 is 2.00 bits per heavy atom. The molecule has 0 aliphatic heterocycles. The highest BCUT2D eigenvalue weighted by molar-refractivity contribution is 7.87. The van der Waals surface area contributed by atoms with Gasteiger partial charge < -0.3 is 5.11 Å². The smallest absolute Gasteiger partial charge is 0.303 e. The van der Waals surface area contributed by atoms with Crippen LogP contribution in [0.2, 0.25) is 0 Å². The molecule has 21 heavy (non-hydrogen) atoms. The monoisotopic (exact) mass is 322 g/mol. The Labute approximate surface area is 128 Å². The van der Waals surface area contributed by atoms with Crippen LogP contribution in [-0.2, 0) is 15.0 Å². The fourth-order valence-electron chi connectivity index (χ4n) is 2.11. The van der Waals surface area contributed by atoms with Crippen LogP contribution in [0.3, 0.4) is 0 Å². The Bertz CT molecular complexity index is 433. The number of carboxylic acid groups (broad SMARTS) is 1. The van der Waals surface area contributed by atoms with Gasteiger partial charge in [-0.25, -0.2) is 4.72 Å². The van der Waals surface area contributed by atoms with Gasteiger partial charge in [0, 0.05) is 18.5 Å². The molecule has 0 aliphatic carbocycles. The van der Waals surface area contributed by atoms with E-state index in [0.29, 0.717) is 19.4 Å². The van der Waals surface area contributed by atoms with Gasteiger partial charge in [-0.3, -0.25) is 4.79 Å². The van der Waals surface area contributed by atoms with Crippen LogP contribution >= 0.6 is 0 Å². The number of aliphatic carboxylic acids is 1. The van der Waals surface area contributed by atoms with E-state index in [1.54, 1.807) is 20.8 Å². The maximum absolute atomic E-state index is 11.8. The van der Waals surface area contributed by atoms with Gasteiger partial charge in [-0.2, -0.15) is 13.1 Å². The third kappa shape index (κ3) is 10.7. The van der Waals surface area contributed by atoms with Crippen molar-refractivity contribution < 1.29 is 18.3 Å². The Hall–Kier alpha value is -0.660. The lowest BCUT2D eigenvalue weighted by Gasteiger charge is -2.30. The van der Waals surface area contributed by atoms with E-state index in [4.69, 9.17) is 5.11 Å². The van der Waals surface area contributed by atoms with Gasteiger partial charge in [0.2, 0.25) is 0 Å². The normalized spacial score (nSPS) is 15.0. The van der Waals surface area contributed by atoms with Crippen LogP contribution in [-0.4, -0.2) is 31.6 Å². The predicted molar refractivity (Wildman–Crippen MR) is 84.2 cm³/mol. The number of carbonyl (C=O) groups is 1. The van der Waals surface area contributed by atoms with E-state index in [9.17, 15) is 13.2 Å². The minimum absolute atomic E-state index is 0.0572. The van der Waals surface area contributed by atoms with Crippen LogP contribution in [0, 0.1) is 11.3 Å². The second-order valence-corrected chi connectivity index (χ2v) is 9.03. The first-order chi connectivity index (χ1) is 9.23. The van der Waals surface area contributed by atoms with E-state index in [0.717, 1.165) is 0 Å². The molecule has 7 heteroatoms. The largest absolute Gasteiger partial charge is 0.481 e. The second kappa shape index (κ2) is 7.56. The van der Waals surface area contributed by atoms with Crippen molar-refractivity contribution in [1.82, 2.24) is 9.44 Å². The summed E-state index contributed by atoms with van der Waals surface area (Å²) in [6, 6.07) is 0. The molecule has 0 amide bonds. The number of nitrogens with one attached hydrogen (secondary N) is 2. The molecule has 0 saturated heterocycles. The Morgan fingerprint density at radius 2 is 1.62 bits per heavy atom. The molecule has 0 aliphatic rings. The van der Waals surface area contributed by atoms with Crippen molar-refractivity contribution >= 4 is 16.2 Å². The van der Waals surface area contributed by atoms with E-state index in [1.807, 2.05) is 20.8 Å². The van der Waals surface area contributed by atoms with Crippen molar-refractivity contribution in [1.29, 1.82) is 0 Å². The topological polar surface area (TPSA) is 95.5 Å². The average molecular weight is 322 g/mol. The van der Waals surface area contributed by atoms with E-state index < -0.39 is 21.7 Å². The number of carboxylic acids is 1. The van der Waals surface area contributed by atoms with Crippen molar-refractivity contribution in [2.24, 2.45) is 11.3 Å². The predicted octanol–water partition coefficient (Wildman–Crippen LogP) is 2.13. The van der Waals surface area contributed by atoms with Crippen LogP contribution in [0.1, 0.15) is 60.8 Å². The molecule has 0 radical (unpaired) electrons. The maximum atomic E-state index is 11.8. The summed E-state index contributed by atoms with van der Waals surface area (Å²) in [7, 11) is -3.53. The fourth-order valence-corrected chi connectivity index (χ4v) is 3.38. The summed E-state index contributed by atoms with van der Waals surface area (Å²) in [5.74, 6) is -0.676. The Balaban J connectivity index is 4.47. The molecule has 126 valence electrons. The summed E-state index contributed by atoms with van der Waals surface area (Å²) in [6.07, 6.45) is 1.27. The SMILES string of the molecule is CC(C)(C)NS(=O)(=O)NCCC(CCC(=O)O)C(C)(C)C. The van der Waals surface area contributed by atoms with Gasteiger partial charge >= 0.3 is 5.97 Å². The van der Waals surface area contributed by atoms with Gasteiger partial charge in [-0.1, -0.05) is 20.8 Å². The van der Waals surface area contributed by atoms with Crippen LogP contribution in [0.4, 0.5) is 0 Å². The first-order valence-corrected chi connectivity index (χ1v) is 8.71. The highest BCUT2D eigenvalue weighted by Gasteiger charge is 2.26. The molecule has 0 heterocycles. The highest BCUT2D eigenvalue weighted by atomic mass is 32.2. The summed E-state index contributed by atoms with van der Waals surface area (Å²) in [5.41, 5.74) is -0.586. The lowest BCUT2D eigenvalue weighted by Crippen LogP contribution is -2.47. The molecule has 0 aromatic heterocycles. The molecule has 0 aromatic rings. The first kappa shape index (κ1) is 20.3. The summed E-state index contributed by atoms with van der Waals surface area (Å²) >= 11 is 0. The zero-order valence-electron chi connectivity index (χ0n) is 14.0. The molecular weight excluding hydrogens is 292 g/mol. The minimum atomic E-state index is -3.53. The van der Waals surface area contributed by atoms with Gasteiger partial charge in [0.05, 0.1) is 0 Å². The number of hydrogen-bond donors (Lipinski definition) is 3. The van der Waals surface area contributed by atoms with Crippen molar-refractivity contribution in [3.8, 4) is 0 Å². The van der Waals surface area contributed by atoms with E-state index >= 15 is 0 Å². The standard InChI is InChI=1S/C14H30N2O4S/c1-13(2,3)11(7-8-12(17)18)9-10-15-21(19,20)16-14(4,5)6/h11,15-16H,7-10H2,1-6H3,(H,17,18). The molecule has 3 N–H and O–H groups in total. The van der Waals surface area contributed by atoms with Gasteiger partial charge in [-0.05, 0) is 44.9 Å². The summed E-state index contributed by atoms with van der Waals surface area (Å²) < 4.78 is 28.7. The summed E-state index contributed by atoms with van der Waals surface area (Å²) in [5, 5.41) is 8.79. The van der Waals surface area contributed by atoms with Crippen LogP contribution < -0.4 is 9.44 Å². The Morgan fingerprint density at radius 1 is 1.10 bits per heavy atom. The van der Waals surface area contributed by atoms with Crippen LogP contribution in [0.5, 0.6) is 0 Å². The Kier molecular flexibility index (Phi) is 7.32. The lowest BCUT2D eigenvalue weighted by molar-refractivity contribution is -0.137. The van der Waals surface area contributed by atoms with Crippen molar-refractivity contribution in [3.05, 3.63) is 0 Å². The zero-order chi connectivity index (χ0) is 16.9. The molecule has 0 spiro atoms. The molecule has 0 saturated carbocycles. The number of rotatable bonds is 8. The first-order valence-electron chi connectivity index (χ1n) is 7.23. The molecule has 0 fully saturated rings. The molecule has 1 unspecified atom stereocenters. The molecule has 0 rings (SSSR count). The van der Waals surface area contributed by atoms with Gasteiger partial charge in [0.25, 0.3) is 10.2 Å². The minimum Gasteiger partial charge on any atom is -0.481 e. The lowest BCUT2D eigenvalue weighted by atomic mass is 9.76. The molecule has 6 nitrogen and oxygen atoms in total.